The van der Waals surface area contributed by atoms with E-state index in [1.165, 1.54) is 7.11 Å². The molecule has 0 bridgehead atoms. The molecule has 0 aromatic heterocycles. The number of carboxylic acids is 3. The molecule has 6 N–H and O–H groups in total. The Labute approximate surface area is 142 Å². The zero-order valence-corrected chi connectivity index (χ0v) is 13.4. The molecular formula is C14H20N2O9. The van der Waals surface area contributed by atoms with Gasteiger partial charge in [0.05, 0.1) is 37.1 Å². The van der Waals surface area contributed by atoms with Gasteiger partial charge in [-0.15, -0.1) is 0 Å². The van der Waals surface area contributed by atoms with Crippen molar-refractivity contribution in [3.05, 3.63) is 11.5 Å². The lowest BCUT2D eigenvalue weighted by Gasteiger charge is -2.34. The van der Waals surface area contributed by atoms with Crippen molar-refractivity contribution in [1.82, 2.24) is 5.32 Å². The van der Waals surface area contributed by atoms with Crippen molar-refractivity contribution in [2.75, 3.05) is 20.3 Å². The van der Waals surface area contributed by atoms with Gasteiger partial charge in [-0.3, -0.25) is 14.6 Å². The maximum atomic E-state index is 11.2. The minimum Gasteiger partial charge on any atom is -0.493 e. The molecule has 0 spiro atoms. The molecule has 1 aliphatic rings. The predicted octanol–water partition coefficient (Wildman–Crippen LogP) is -1.60. The number of methoxy groups -OCH3 is 1. The second-order valence-corrected chi connectivity index (χ2v) is 5.54. The highest BCUT2D eigenvalue weighted by atomic mass is 16.5. The molecule has 0 aliphatic heterocycles. The van der Waals surface area contributed by atoms with Crippen LogP contribution in [0.1, 0.15) is 19.3 Å². The molecule has 2 atom stereocenters. The van der Waals surface area contributed by atoms with Crippen LogP contribution < -0.4 is 5.32 Å². The predicted molar refractivity (Wildman–Crippen MR) is 82.1 cm³/mol. The number of carboxylic acid groups (broad SMARTS) is 3. The molecule has 0 aromatic rings. The topological polar surface area (TPSA) is 186 Å². The van der Waals surface area contributed by atoms with Crippen LogP contribution in [-0.4, -0.2) is 81.1 Å². The number of carbonyl (C=O) groups is 3. The van der Waals surface area contributed by atoms with Crippen LogP contribution >= 0.6 is 0 Å². The normalized spacial score (nSPS) is 23.2. The van der Waals surface area contributed by atoms with E-state index in [1.807, 2.05) is 0 Å². The minimum absolute atomic E-state index is 0.0102. The number of nitrogens with one attached hydrogen (secondary N) is 1. The third-order valence-electron chi connectivity index (χ3n) is 3.47. The Bertz CT molecular complexity index is 613. The maximum absolute atomic E-state index is 11.2. The number of aliphatic hydroxyl groups excluding tert-OH is 1. The monoisotopic (exact) mass is 360 g/mol. The summed E-state index contributed by atoms with van der Waals surface area (Å²) in [5, 5.41) is 48.9. The van der Waals surface area contributed by atoms with E-state index in [0.717, 1.165) is 0 Å². The van der Waals surface area contributed by atoms with Crippen LogP contribution in [0.2, 0.25) is 0 Å². The zero-order chi connectivity index (χ0) is 19.2. The lowest BCUT2D eigenvalue weighted by molar-refractivity contribution is -0.145. The summed E-state index contributed by atoms with van der Waals surface area (Å²) in [6, 6.07) is -1.51. The molecule has 1 aliphatic carbocycles. The number of hydrogen-bond acceptors (Lipinski definition) is 8. The van der Waals surface area contributed by atoms with Crippen LogP contribution in [0.15, 0.2) is 16.4 Å². The third kappa shape index (κ3) is 5.72. The number of rotatable bonds is 9. The number of nitrogens with zero attached hydrogens (tertiary/aromatic N) is 1. The number of hydrogen-bond donors (Lipinski definition) is 6. The summed E-state index contributed by atoms with van der Waals surface area (Å²) < 4.78 is 5.13. The molecule has 2 unspecified atom stereocenters. The number of allylic oxidation sites excluding steroid dienone is 1. The highest BCUT2D eigenvalue weighted by molar-refractivity contribution is 6.01. The molecule has 0 fully saturated rings. The molecule has 0 saturated heterocycles. The SMILES string of the molecule is COC1=C(NC(CC(=O)O)C(=O)O)CC(O)(CO)CC1=NCC(=O)O. The van der Waals surface area contributed by atoms with Crippen LogP contribution in [0.5, 0.6) is 0 Å². The molecule has 0 saturated carbocycles. The Hall–Kier alpha value is -2.66. The van der Waals surface area contributed by atoms with Crippen molar-refractivity contribution in [1.29, 1.82) is 0 Å². The van der Waals surface area contributed by atoms with Crippen LogP contribution in [0.3, 0.4) is 0 Å². The van der Waals surface area contributed by atoms with E-state index >= 15 is 0 Å². The van der Waals surface area contributed by atoms with Gasteiger partial charge in [0.1, 0.15) is 12.6 Å². The minimum atomic E-state index is -1.71. The van der Waals surface area contributed by atoms with Crippen molar-refractivity contribution in [3.8, 4) is 0 Å². The van der Waals surface area contributed by atoms with Crippen molar-refractivity contribution in [3.63, 3.8) is 0 Å². The van der Waals surface area contributed by atoms with Crippen molar-refractivity contribution in [2.45, 2.75) is 30.9 Å². The molecule has 0 aromatic carbocycles. The Morgan fingerprint density at radius 2 is 1.88 bits per heavy atom. The van der Waals surface area contributed by atoms with Crippen molar-refractivity contribution < 1.29 is 44.7 Å². The number of aliphatic imine (C=N–C) groups is 1. The summed E-state index contributed by atoms with van der Waals surface area (Å²) in [7, 11) is 1.24. The third-order valence-corrected chi connectivity index (χ3v) is 3.47. The van der Waals surface area contributed by atoms with Gasteiger partial charge < -0.3 is 35.6 Å². The molecule has 11 nitrogen and oxygen atoms in total. The average molecular weight is 360 g/mol. The van der Waals surface area contributed by atoms with Gasteiger partial charge >= 0.3 is 17.9 Å². The van der Waals surface area contributed by atoms with Gasteiger partial charge in [0, 0.05) is 12.8 Å². The zero-order valence-electron chi connectivity index (χ0n) is 13.4. The first-order valence-corrected chi connectivity index (χ1v) is 7.19. The van der Waals surface area contributed by atoms with E-state index in [4.69, 9.17) is 20.1 Å². The molecule has 0 radical (unpaired) electrons. The standard InChI is InChI=1S/C14H20N2O9/c1-25-12-8(15-5-11(20)21)3-14(24,6-17)4-9(12)16-7(13(22)23)2-10(18)19/h7,16-17,24H,2-6H2,1H3,(H,18,19)(H,20,21)(H,22,23). The first-order chi connectivity index (χ1) is 11.6. The summed E-state index contributed by atoms with van der Waals surface area (Å²) >= 11 is 0. The van der Waals surface area contributed by atoms with Gasteiger partial charge in [0.15, 0.2) is 5.76 Å². The smallest absolute Gasteiger partial charge is 0.326 e. The van der Waals surface area contributed by atoms with E-state index in [9.17, 15) is 24.6 Å². The Kier molecular flexibility index (Phi) is 6.88. The number of ether oxygens (including phenoxy) is 1. The Balaban J connectivity index is 3.27. The number of aliphatic hydroxyl groups is 2. The van der Waals surface area contributed by atoms with Crippen LogP contribution in [0.25, 0.3) is 0 Å². The van der Waals surface area contributed by atoms with E-state index in [0.29, 0.717) is 0 Å². The first kappa shape index (κ1) is 20.4. The van der Waals surface area contributed by atoms with E-state index in [-0.39, 0.29) is 30.0 Å². The average Bonchev–Trinajstić information content (AvgIpc) is 2.51. The quantitative estimate of drug-likeness (QED) is 0.280. The molecule has 1 rings (SSSR count). The Morgan fingerprint density at radius 3 is 2.32 bits per heavy atom. The summed E-state index contributed by atoms with van der Waals surface area (Å²) in [6.07, 6.45) is -1.20. The van der Waals surface area contributed by atoms with Crippen LogP contribution in [0, 0.1) is 0 Å². The lowest BCUT2D eigenvalue weighted by Crippen LogP contribution is -2.47. The first-order valence-electron chi connectivity index (χ1n) is 7.19. The molecule has 140 valence electrons. The summed E-state index contributed by atoms with van der Waals surface area (Å²) in [5.41, 5.74) is -1.67. The van der Waals surface area contributed by atoms with E-state index < -0.39 is 49.1 Å². The Morgan fingerprint density at radius 1 is 1.24 bits per heavy atom. The summed E-state index contributed by atoms with van der Waals surface area (Å²) in [5.74, 6) is -4.01. The van der Waals surface area contributed by atoms with Crippen LogP contribution in [0.4, 0.5) is 0 Å². The fourth-order valence-electron chi connectivity index (χ4n) is 2.38. The fraction of sp³-hybridized carbons (Fsp3) is 0.571. The van der Waals surface area contributed by atoms with Gasteiger partial charge in [0.25, 0.3) is 0 Å². The summed E-state index contributed by atoms with van der Waals surface area (Å²) in [6.45, 7) is -1.31. The second-order valence-electron chi connectivity index (χ2n) is 5.54. The molecule has 25 heavy (non-hydrogen) atoms. The largest absolute Gasteiger partial charge is 0.493 e. The maximum Gasteiger partial charge on any atom is 0.326 e. The van der Waals surface area contributed by atoms with Gasteiger partial charge in [-0.1, -0.05) is 0 Å². The number of aliphatic carboxylic acids is 3. The van der Waals surface area contributed by atoms with Gasteiger partial charge in [0.2, 0.25) is 0 Å². The molecule has 11 heteroatoms. The van der Waals surface area contributed by atoms with Crippen molar-refractivity contribution >= 4 is 23.6 Å². The van der Waals surface area contributed by atoms with Crippen molar-refractivity contribution in [2.24, 2.45) is 4.99 Å². The van der Waals surface area contributed by atoms with Gasteiger partial charge in [-0.25, -0.2) is 4.79 Å². The second kappa shape index (κ2) is 8.44. The highest BCUT2D eigenvalue weighted by Gasteiger charge is 2.39. The van der Waals surface area contributed by atoms with Gasteiger partial charge in [-0.05, 0) is 0 Å². The molecule has 0 amide bonds. The van der Waals surface area contributed by atoms with Gasteiger partial charge in [-0.2, -0.15) is 0 Å². The molecule has 0 heterocycles. The lowest BCUT2D eigenvalue weighted by atomic mass is 9.85. The van der Waals surface area contributed by atoms with E-state index in [2.05, 4.69) is 10.3 Å². The fourth-order valence-corrected chi connectivity index (χ4v) is 2.38. The molecular weight excluding hydrogens is 340 g/mol. The van der Waals surface area contributed by atoms with Crippen LogP contribution in [-0.2, 0) is 19.1 Å². The highest BCUT2D eigenvalue weighted by Crippen LogP contribution is 2.30. The van der Waals surface area contributed by atoms with E-state index in [1.54, 1.807) is 0 Å². The summed E-state index contributed by atoms with van der Waals surface area (Å²) in [4.78, 5) is 36.5.